The molecule has 4 heteroatoms. The number of phenols is 1. The number of aromatic nitrogens is 2. The zero-order chi connectivity index (χ0) is 13.8. The summed E-state index contributed by atoms with van der Waals surface area (Å²) in [6.45, 7) is 4.62. The second-order valence-electron chi connectivity index (χ2n) is 4.61. The van der Waals surface area contributed by atoms with Crippen molar-refractivity contribution in [1.82, 2.24) is 9.97 Å². The van der Waals surface area contributed by atoms with E-state index in [2.05, 4.69) is 9.97 Å². The van der Waals surface area contributed by atoms with Crippen molar-refractivity contribution in [2.24, 2.45) is 5.73 Å². The van der Waals surface area contributed by atoms with Crippen LogP contribution in [0.1, 0.15) is 23.4 Å². The second-order valence-corrected chi connectivity index (χ2v) is 4.61. The fourth-order valence-electron chi connectivity index (χ4n) is 2.16. The van der Waals surface area contributed by atoms with Gasteiger partial charge in [-0.3, -0.25) is 0 Å². The van der Waals surface area contributed by atoms with Crippen LogP contribution in [-0.4, -0.2) is 21.6 Å². The molecule has 0 fully saturated rings. The Kier molecular flexibility index (Phi) is 4.12. The van der Waals surface area contributed by atoms with Gasteiger partial charge in [-0.15, -0.1) is 0 Å². The van der Waals surface area contributed by atoms with Crippen LogP contribution in [0.3, 0.4) is 0 Å². The Labute approximate surface area is 113 Å². The topological polar surface area (TPSA) is 72.0 Å². The molecule has 19 heavy (non-hydrogen) atoms. The fourth-order valence-corrected chi connectivity index (χ4v) is 2.16. The van der Waals surface area contributed by atoms with Crippen molar-refractivity contribution in [3.05, 3.63) is 41.2 Å². The molecule has 0 saturated heterocycles. The minimum Gasteiger partial charge on any atom is -0.507 e. The molecule has 0 unspecified atom stereocenters. The van der Waals surface area contributed by atoms with Gasteiger partial charge < -0.3 is 10.8 Å². The van der Waals surface area contributed by atoms with E-state index in [0.29, 0.717) is 17.9 Å². The van der Waals surface area contributed by atoms with E-state index < -0.39 is 0 Å². The molecule has 0 radical (unpaired) electrons. The molecule has 100 valence electrons. The highest BCUT2D eigenvalue weighted by atomic mass is 16.3. The van der Waals surface area contributed by atoms with Crippen LogP contribution < -0.4 is 5.73 Å². The fraction of sp³-hybridized carbons (Fsp3) is 0.333. The molecule has 1 aromatic carbocycles. The van der Waals surface area contributed by atoms with Crippen molar-refractivity contribution in [3.63, 3.8) is 0 Å². The van der Waals surface area contributed by atoms with Gasteiger partial charge in [0.05, 0.1) is 5.56 Å². The van der Waals surface area contributed by atoms with Gasteiger partial charge in [0.2, 0.25) is 0 Å². The number of rotatable bonds is 4. The van der Waals surface area contributed by atoms with Gasteiger partial charge in [-0.25, -0.2) is 9.97 Å². The summed E-state index contributed by atoms with van der Waals surface area (Å²) < 4.78 is 0. The van der Waals surface area contributed by atoms with Gasteiger partial charge in [-0.2, -0.15) is 0 Å². The highest BCUT2D eigenvalue weighted by Gasteiger charge is 2.11. The molecule has 2 rings (SSSR count). The van der Waals surface area contributed by atoms with Gasteiger partial charge in [0, 0.05) is 11.4 Å². The van der Waals surface area contributed by atoms with Crippen molar-refractivity contribution in [3.8, 4) is 17.1 Å². The molecule has 0 aliphatic rings. The highest BCUT2D eigenvalue weighted by Crippen LogP contribution is 2.27. The number of hydrogen-bond acceptors (Lipinski definition) is 4. The third-order valence-electron chi connectivity index (χ3n) is 3.20. The predicted octanol–water partition coefficient (Wildman–Crippen LogP) is 2.36. The summed E-state index contributed by atoms with van der Waals surface area (Å²) in [6, 6.07) is 7.12. The van der Waals surface area contributed by atoms with Crippen LogP contribution in [0.15, 0.2) is 24.3 Å². The average molecular weight is 257 g/mol. The minimum absolute atomic E-state index is 0.205. The van der Waals surface area contributed by atoms with Crippen LogP contribution in [0.2, 0.25) is 0 Å². The number of aromatic hydroxyl groups is 1. The molecule has 4 nitrogen and oxygen atoms in total. The summed E-state index contributed by atoms with van der Waals surface area (Å²) in [6.07, 6.45) is 1.83. The summed E-state index contributed by atoms with van der Waals surface area (Å²) in [5.74, 6) is 0.778. The zero-order valence-corrected chi connectivity index (χ0v) is 11.3. The maximum Gasteiger partial charge on any atom is 0.163 e. The van der Waals surface area contributed by atoms with Gasteiger partial charge in [0.1, 0.15) is 5.75 Å². The average Bonchev–Trinajstić information content (AvgIpc) is 2.38. The number of nitrogens with two attached hydrogens (primary N) is 1. The van der Waals surface area contributed by atoms with Gasteiger partial charge >= 0.3 is 0 Å². The molecule has 1 aromatic heterocycles. The van der Waals surface area contributed by atoms with Gasteiger partial charge in [0.15, 0.2) is 5.82 Å². The Balaban J connectivity index is 2.43. The highest BCUT2D eigenvalue weighted by molar-refractivity contribution is 5.63. The first-order valence-electron chi connectivity index (χ1n) is 6.46. The van der Waals surface area contributed by atoms with Crippen molar-refractivity contribution in [2.45, 2.75) is 26.7 Å². The van der Waals surface area contributed by atoms with Crippen LogP contribution in [0.5, 0.6) is 5.75 Å². The van der Waals surface area contributed by atoms with Gasteiger partial charge in [-0.1, -0.05) is 12.1 Å². The summed E-state index contributed by atoms with van der Waals surface area (Å²) in [5.41, 5.74) is 9.28. The molecule has 2 aromatic rings. The monoisotopic (exact) mass is 257 g/mol. The van der Waals surface area contributed by atoms with E-state index >= 15 is 0 Å². The summed E-state index contributed by atoms with van der Waals surface area (Å²) in [4.78, 5) is 9.01. The summed E-state index contributed by atoms with van der Waals surface area (Å²) in [7, 11) is 0. The standard InChI is InChI=1S/C15H19N3O/c1-10-12(7-5-9-16)11(2)18-15(17-10)13-6-3-4-8-14(13)19/h3-4,6,8,19H,5,7,9,16H2,1-2H3. The maximum absolute atomic E-state index is 9.86. The lowest BCUT2D eigenvalue weighted by Crippen LogP contribution is -2.06. The van der Waals surface area contributed by atoms with Crippen LogP contribution >= 0.6 is 0 Å². The Morgan fingerprint density at radius 1 is 1.11 bits per heavy atom. The third kappa shape index (κ3) is 2.90. The molecule has 0 bridgehead atoms. The second kappa shape index (κ2) is 5.80. The summed E-state index contributed by atoms with van der Waals surface area (Å²) >= 11 is 0. The molecule has 0 atom stereocenters. The number of phenolic OH excluding ortho intramolecular Hbond substituents is 1. The number of nitrogens with zero attached hydrogens (tertiary/aromatic N) is 2. The van der Waals surface area contributed by atoms with Crippen molar-refractivity contribution in [2.75, 3.05) is 6.54 Å². The lowest BCUT2D eigenvalue weighted by molar-refractivity contribution is 0.477. The maximum atomic E-state index is 9.86. The molecule has 1 heterocycles. The number of aryl methyl sites for hydroxylation is 2. The van der Waals surface area contributed by atoms with E-state index in [9.17, 15) is 5.11 Å². The Bertz CT molecular complexity index is 558. The molecule has 3 N–H and O–H groups in total. The number of benzene rings is 1. The third-order valence-corrected chi connectivity index (χ3v) is 3.20. The van der Waals surface area contributed by atoms with E-state index in [1.165, 1.54) is 0 Å². The lowest BCUT2D eigenvalue weighted by Gasteiger charge is -2.11. The number of hydrogen-bond donors (Lipinski definition) is 2. The Hall–Kier alpha value is -1.94. The lowest BCUT2D eigenvalue weighted by atomic mass is 10.1. The smallest absolute Gasteiger partial charge is 0.163 e. The molecular formula is C15H19N3O. The largest absolute Gasteiger partial charge is 0.507 e. The van der Waals surface area contributed by atoms with E-state index in [1.807, 2.05) is 26.0 Å². The molecule has 0 aliphatic carbocycles. The van der Waals surface area contributed by atoms with Crippen molar-refractivity contribution in [1.29, 1.82) is 0 Å². The molecular weight excluding hydrogens is 238 g/mol. The molecule has 0 aliphatic heterocycles. The van der Waals surface area contributed by atoms with Crippen LogP contribution in [0.4, 0.5) is 0 Å². The first-order chi connectivity index (χ1) is 9.13. The number of para-hydroxylation sites is 1. The van der Waals surface area contributed by atoms with Crippen LogP contribution in [0.25, 0.3) is 11.4 Å². The van der Waals surface area contributed by atoms with E-state index in [1.54, 1.807) is 12.1 Å². The molecule has 0 spiro atoms. The van der Waals surface area contributed by atoms with Crippen molar-refractivity contribution >= 4 is 0 Å². The summed E-state index contributed by atoms with van der Waals surface area (Å²) in [5, 5.41) is 9.86. The molecule has 0 saturated carbocycles. The first-order valence-corrected chi connectivity index (χ1v) is 6.46. The Morgan fingerprint density at radius 2 is 1.74 bits per heavy atom. The normalized spacial score (nSPS) is 10.7. The molecule has 0 amide bonds. The van der Waals surface area contributed by atoms with Crippen LogP contribution in [0, 0.1) is 13.8 Å². The zero-order valence-electron chi connectivity index (χ0n) is 11.3. The van der Waals surface area contributed by atoms with Crippen LogP contribution in [-0.2, 0) is 6.42 Å². The Morgan fingerprint density at radius 3 is 2.32 bits per heavy atom. The first kappa shape index (κ1) is 13.5. The van der Waals surface area contributed by atoms with E-state index in [0.717, 1.165) is 29.8 Å². The SMILES string of the molecule is Cc1nc(-c2ccccc2O)nc(C)c1CCCN. The van der Waals surface area contributed by atoms with Crippen molar-refractivity contribution < 1.29 is 5.11 Å². The predicted molar refractivity (Wildman–Crippen MR) is 76.0 cm³/mol. The van der Waals surface area contributed by atoms with Gasteiger partial charge in [-0.05, 0) is 50.9 Å². The minimum atomic E-state index is 0.205. The quantitative estimate of drug-likeness (QED) is 0.882. The van der Waals surface area contributed by atoms with E-state index in [4.69, 9.17) is 5.73 Å². The van der Waals surface area contributed by atoms with Gasteiger partial charge in [0.25, 0.3) is 0 Å². The van der Waals surface area contributed by atoms with E-state index in [-0.39, 0.29) is 5.75 Å².